The smallest absolute Gasteiger partial charge is 0.0910 e. The van der Waals surface area contributed by atoms with Crippen LogP contribution in [0.1, 0.15) is 33.1 Å². The Balaban J connectivity index is 2.21. The monoisotopic (exact) mass is 170 g/mol. The minimum atomic E-state index is -0.766. The van der Waals surface area contributed by atoms with Gasteiger partial charge in [0.25, 0.3) is 0 Å². The van der Waals surface area contributed by atoms with E-state index < -0.39 is 5.60 Å². The summed E-state index contributed by atoms with van der Waals surface area (Å²) in [5, 5.41) is 19.2. The maximum atomic E-state index is 10.1. The van der Waals surface area contributed by atoms with E-state index in [1.807, 2.05) is 0 Å². The molecular weight excluding hydrogens is 152 g/mol. The molecule has 2 bridgehead atoms. The summed E-state index contributed by atoms with van der Waals surface area (Å²) in [6, 6.07) is 0. The van der Waals surface area contributed by atoms with Gasteiger partial charge in [-0.05, 0) is 36.5 Å². The highest BCUT2D eigenvalue weighted by Gasteiger charge is 2.60. The SMILES string of the molecule is CC1(C)C2CC[C@@](O)(CO)C1C2. The Morgan fingerprint density at radius 3 is 2.42 bits per heavy atom. The van der Waals surface area contributed by atoms with Gasteiger partial charge in [0.15, 0.2) is 0 Å². The Labute approximate surface area is 73.6 Å². The van der Waals surface area contributed by atoms with E-state index in [0.717, 1.165) is 25.2 Å². The Hall–Kier alpha value is -0.0800. The van der Waals surface area contributed by atoms with Crippen LogP contribution in [0.25, 0.3) is 0 Å². The lowest BCUT2D eigenvalue weighted by Gasteiger charge is -2.63. The maximum absolute atomic E-state index is 10.1. The summed E-state index contributed by atoms with van der Waals surface area (Å²) in [6.45, 7) is 4.37. The van der Waals surface area contributed by atoms with E-state index >= 15 is 0 Å². The standard InChI is InChI=1S/C10H18O2/c1-9(2)7-3-4-10(12,6-11)8(9)5-7/h7-8,11-12H,3-6H2,1-2H3/t7?,8?,10-/m1/s1. The normalized spacial score (nSPS) is 50.0. The van der Waals surface area contributed by atoms with Crippen molar-refractivity contribution in [1.82, 2.24) is 0 Å². The predicted molar refractivity (Wildman–Crippen MR) is 46.6 cm³/mol. The number of fused-ring (bicyclic) bond motifs is 2. The van der Waals surface area contributed by atoms with Gasteiger partial charge in [0, 0.05) is 0 Å². The van der Waals surface area contributed by atoms with Gasteiger partial charge in [-0.15, -0.1) is 0 Å². The van der Waals surface area contributed by atoms with Gasteiger partial charge in [0.1, 0.15) is 0 Å². The van der Waals surface area contributed by atoms with Crippen LogP contribution >= 0.6 is 0 Å². The van der Waals surface area contributed by atoms with Crippen LogP contribution in [0.15, 0.2) is 0 Å². The molecule has 3 aliphatic carbocycles. The van der Waals surface area contributed by atoms with E-state index in [9.17, 15) is 5.11 Å². The molecule has 2 N–H and O–H groups in total. The lowest BCUT2D eigenvalue weighted by Crippen LogP contribution is -2.62. The molecule has 3 saturated carbocycles. The number of hydrogen-bond donors (Lipinski definition) is 2. The number of aliphatic hydroxyl groups is 2. The quantitative estimate of drug-likeness (QED) is 0.620. The lowest BCUT2D eigenvalue weighted by atomic mass is 9.44. The Kier molecular flexibility index (Phi) is 1.59. The summed E-state index contributed by atoms with van der Waals surface area (Å²) in [5.74, 6) is 1.11. The molecule has 0 aromatic carbocycles. The average molecular weight is 170 g/mol. The van der Waals surface area contributed by atoms with Crippen molar-refractivity contribution in [3.8, 4) is 0 Å². The fourth-order valence-corrected chi connectivity index (χ4v) is 3.21. The van der Waals surface area contributed by atoms with Crippen LogP contribution in [-0.4, -0.2) is 22.4 Å². The van der Waals surface area contributed by atoms with Crippen molar-refractivity contribution in [3.63, 3.8) is 0 Å². The summed E-state index contributed by atoms with van der Waals surface area (Å²) in [5.41, 5.74) is -0.506. The highest BCUT2D eigenvalue weighted by atomic mass is 16.3. The molecule has 3 rings (SSSR count). The van der Waals surface area contributed by atoms with Crippen LogP contribution in [0.2, 0.25) is 0 Å². The molecule has 12 heavy (non-hydrogen) atoms. The van der Waals surface area contributed by atoms with Crippen LogP contribution in [0, 0.1) is 17.3 Å². The van der Waals surface area contributed by atoms with Crippen LogP contribution in [0.4, 0.5) is 0 Å². The Bertz CT molecular complexity index is 198. The van der Waals surface area contributed by atoms with E-state index in [2.05, 4.69) is 13.8 Å². The Morgan fingerprint density at radius 2 is 2.08 bits per heavy atom. The van der Waals surface area contributed by atoms with E-state index in [4.69, 9.17) is 5.11 Å². The highest BCUT2D eigenvalue weighted by Crippen LogP contribution is 2.62. The number of hydrogen-bond acceptors (Lipinski definition) is 2. The molecule has 0 radical (unpaired) electrons. The van der Waals surface area contributed by atoms with Crippen molar-refractivity contribution in [2.75, 3.05) is 6.61 Å². The van der Waals surface area contributed by atoms with Gasteiger partial charge in [-0.25, -0.2) is 0 Å². The van der Waals surface area contributed by atoms with Crippen molar-refractivity contribution < 1.29 is 10.2 Å². The van der Waals surface area contributed by atoms with Crippen molar-refractivity contribution >= 4 is 0 Å². The fourth-order valence-electron chi connectivity index (χ4n) is 3.21. The van der Waals surface area contributed by atoms with Gasteiger partial charge < -0.3 is 10.2 Å². The predicted octanol–water partition coefficient (Wildman–Crippen LogP) is 1.17. The van der Waals surface area contributed by atoms with Gasteiger partial charge >= 0.3 is 0 Å². The summed E-state index contributed by atoms with van der Waals surface area (Å²) in [4.78, 5) is 0. The minimum Gasteiger partial charge on any atom is -0.393 e. The van der Waals surface area contributed by atoms with Crippen molar-refractivity contribution in [2.45, 2.75) is 38.7 Å². The van der Waals surface area contributed by atoms with Gasteiger partial charge in [-0.2, -0.15) is 0 Å². The largest absolute Gasteiger partial charge is 0.393 e. The highest BCUT2D eigenvalue weighted by molar-refractivity contribution is 5.10. The molecule has 3 atom stereocenters. The zero-order chi connectivity index (χ0) is 8.98. The first-order valence-electron chi connectivity index (χ1n) is 4.84. The van der Waals surface area contributed by atoms with Crippen LogP contribution in [0.5, 0.6) is 0 Å². The van der Waals surface area contributed by atoms with Crippen LogP contribution < -0.4 is 0 Å². The van der Waals surface area contributed by atoms with Crippen molar-refractivity contribution in [2.24, 2.45) is 17.3 Å². The number of aliphatic hydroxyl groups excluding tert-OH is 1. The zero-order valence-corrected chi connectivity index (χ0v) is 7.88. The first kappa shape index (κ1) is 8.52. The Morgan fingerprint density at radius 1 is 1.42 bits per heavy atom. The van der Waals surface area contributed by atoms with E-state index in [-0.39, 0.29) is 12.0 Å². The molecule has 2 heteroatoms. The zero-order valence-electron chi connectivity index (χ0n) is 7.88. The second-order valence-corrected chi connectivity index (χ2v) is 5.11. The molecule has 0 aromatic rings. The molecular formula is C10H18O2. The minimum absolute atomic E-state index is 0.0617. The summed E-state index contributed by atoms with van der Waals surface area (Å²) in [7, 11) is 0. The average Bonchev–Trinajstić information content (AvgIpc) is 2.04. The van der Waals surface area contributed by atoms with Gasteiger partial charge in [-0.3, -0.25) is 0 Å². The first-order chi connectivity index (χ1) is 5.50. The molecule has 0 heterocycles. The molecule has 0 aliphatic heterocycles. The third-order valence-corrected chi connectivity index (χ3v) is 4.32. The third kappa shape index (κ3) is 0.826. The molecule has 0 aromatic heterocycles. The third-order valence-electron chi connectivity index (χ3n) is 4.32. The maximum Gasteiger partial charge on any atom is 0.0910 e. The summed E-state index contributed by atoms with van der Waals surface area (Å²) < 4.78 is 0. The molecule has 3 aliphatic rings. The van der Waals surface area contributed by atoms with E-state index in [1.54, 1.807) is 0 Å². The lowest BCUT2D eigenvalue weighted by molar-refractivity contribution is -0.215. The second kappa shape index (κ2) is 2.24. The second-order valence-electron chi connectivity index (χ2n) is 5.11. The van der Waals surface area contributed by atoms with E-state index in [0.29, 0.717) is 5.92 Å². The molecule has 2 unspecified atom stereocenters. The summed E-state index contributed by atoms with van der Waals surface area (Å²) in [6.07, 6.45) is 2.99. The first-order valence-corrected chi connectivity index (χ1v) is 4.84. The molecule has 0 amide bonds. The van der Waals surface area contributed by atoms with Crippen molar-refractivity contribution in [3.05, 3.63) is 0 Å². The number of rotatable bonds is 1. The van der Waals surface area contributed by atoms with E-state index in [1.165, 1.54) is 0 Å². The van der Waals surface area contributed by atoms with Gasteiger partial charge in [0.2, 0.25) is 0 Å². The van der Waals surface area contributed by atoms with Crippen molar-refractivity contribution in [1.29, 1.82) is 0 Å². The molecule has 3 fully saturated rings. The van der Waals surface area contributed by atoms with Crippen LogP contribution in [-0.2, 0) is 0 Å². The topological polar surface area (TPSA) is 40.5 Å². The van der Waals surface area contributed by atoms with Gasteiger partial charge in [-0.1, -0.05) is 13.8 Å². The summed E-state index contributed by atoms with van der Waals surface area (Å²) >= 11 is 0. The van der Waals surface area contributed by atoms with Gasteiger partial charge in [0.05, 0.1) is 12.2 Å². The molecule has 70 valence electrons. The molecule has 2 nitrogen and oxygen atoms in total. The fraction of sp³-hybridized carbons (Fsp3) is 1.00. The van der Waals surface area contributed by atoms with Crippen LogP contribution in [0.3, 0.4) is 0 Å². The molecule has 0 spiro atoms. The molecule has 0 saturated heterocycles.